The molecule has 3 aromatic rings. The molecular weight excluding hydrogens is 362 g/mol. The van der Waals surface area contributed by atoms with Crippen molar-refractivity contribution in [2.24, 2.45) is 0 Å². The molecule has 0 amide bonds. The third-order valence-electron chi connectivity index (χ3n) is 4.23. The standard InChI is InChI=1S/C20H22BrN3/c1-15-20(13-22-12-18-9-6-10-19(21)11-18)16(2)24(23-15)14-17-7-4-3-5-8-17/h3-11,22H,12-14H2,1-2H3. The summed E-state index contributed by atoms with van der Waals surface area (Å²) >= 11 is 3.52. The molecule has 0 aliphatic carbocycles. The largest absolute Gasteiger partial charge is 0.308 e. The zero-order valence-electron chi connectivity index (χ0n) is 14.1. The fourth-order valence-corrected chi connectivity index (χ4v) is 3.33. The van der Waals surface area contributed by atoms with Gasteiger partial charge in [0.25, 0.3) is 0 Å². The molecule has 24 heavy (non-hydrogen) atoms. The van der Waals surface area contributed by atoms with Crippen LogP contribution in [-0.2, 0) is 19.6 Å². The minimum absolute atomic E-state index is 0.819. The molecule has 0 unspecified atom stereocenters. The average Bonchev–Trinajstić information content (AvgIpc) is 2.83. The number of halogens is 1. The van der Waals surface area contributed by atoms with Gasteiger partial charge in [0.15, 0.2) is 0 Å². The molecule has 3 rings (SSSR count). The topological polar surface area (TPSA) is 29.9 Å². The molecule has 0 fully saturated rings. The summed E-state index contributed by atoms with van der Waals surface area (Å²) in [5.74, 6) is 0. The summed E-state index contributed by atoms with van der Waals surface area (Å²) in [5.41, 5.74) is 6.18. The highest BCUT2D eigenvalue weighted by molar-refractivity contribution is 9.10. The number of rotatable bonds is 6. The van der Waals surface area contributed by atoms with Gasteiger partial charge in [0.05, 0.1) is 12.2 Å². The van der Waals surface area contributed by atoms with Gasteiger partial charge < -0.3 is 5.32 Å². The predicted molar refractivity (Wildman–Crippen MR) is 102 cm³/mol. The van der Waals surface area contributed by atoms with Crippen LogP contribution in [0.15, 0.2) is 59.1 Å². The Hall–Kier alpha value is -1.91. The van der Waals surface area contributed by atoms with Gasteiger partial charge in [0.2, 0.25) is 0 Å². The first-order valence-electron chi connectivity index (χ1n) is 8.15. The number of aryl methyl sites for hydroxylation is 1. The van der Waals surface area contributed by atoms with Crippen LogP contribution < -0.4 is 5.32 Å². The van der Waals surface area contributed by atoms with Crippen LogP contribution >= 0.6 is 15.9 Å². The number of nitrogens with one attached hydrogen (secondary N) is 1. The van der Waals surface area contributed by atoms with Gasteiger partial charge in [-0.25, -0.2) is 0 Å². The van der Waals surface area contributed by atoms with Crippen molar-refractivity contribution in [3.8, 4) is 0 Å². The van der Waals surface area contributed by atoms with E-state index in [1.165, 1.54) is 22.4 Å². The fourth-order valence-electron chi connectivity index (χ4n) is 2.88. The second-order valence-electron chi connectivity index (χ2n) is 6.03. The summed E-state index contributed by atoms with van der Waals surface area (Å²) in [7, 11) is 0. The van der Waals surface area contributed by atoms with Crippen LogP contribution in [0.25, 0.3) is 0 Å². The highest BCUT2D eigenvalue weighted by atomic mass is 79.9. The first-order valence-corrected chi connectivity index (χ1v) is 8.95. The number of benzene rings is 2. The summed E-state index contributed by atoms with van der Waals surface area (Å²) in [4.78, 5) is 0. The van der Waals surface area contributed by atoms with E-state index in [4.69, 9.17) is 5.10 Å². The number of hydrogen-bond donors (Lipinski definition) is 1. The lowest BCUT2D eigenvalue weighted by Gasteiger charge is -2.08. The molecule has 4 heteroatoms. The Morgan fingerprint density at radius 2 is 1.71 bits per heavy atom. The van der Waals surface area contributed by atoms with Crippen molar-refractivity contribution in [1.29, 1.82) is 0 Å². The smallest absolute Gasteiger partial charge is 0.0662 e. The van der Waals surface area contributed by atoms with Gasteiger partial charge in [-0.3, -0.25) is 4.68 Å². The Kier molecular flexibility index (Phi) is 5.48. The number of aromatic nitrogens is 2. The quantitative estimate of drug-likeness (QED) is 0.673. The summed E-state index contributed by atoms with van der Waals surface area (Å²) in [6.07, 6.45) is 0. The molecule has 1 N–H and O–H groups in total. The molecule has 0 atom stereocenters. The number of nitrogens with zero attached hydrogens (tertiary/aromatic N) is 2. The molecule has 0 aliphatic heterocycles. The Bertz CT molecular complexity index is 809. The highest BCUT2D eigenvalue weighted by Gasteiger charge is 2.11. The van der Waals surface area contributed by atoms with Crippen LogP contribution in [0.4, 0.5) is 0 Å². The van der Waals surface area contributed by atoms with Crippen LogP contribution in [0.1, 0.15) is 28.1 Å². The van der Waals surface area contributed by atoms with E-state index >= 15 is 0 Å². The second kappa shape index (κ2) is 7.77. The highest BCUT2D eigenvalue weighted by Crippen LogP contribution is 2.16. The maximum Gasteiger partial charge on any atom is 0.0662 e. The Balaban J connectivity index is 1.66. The SMILES string of the molecule is Cc1nn(Cc2ccccc2)c(C)c1CNCc1cccc(Br)c1. The van der Waals surface area contributed by atoms with Gasteiger partial charge in [-0.05, 0) is 37.1 Å². The van der Waals surface area contributed by atoms with Crippen molar-refractivity contribution >= 4 is 15.9 Å². The van der Waals surface area contributed by atoms with Gasteiger partial charge in [0, 0.05) is 28.8 Å². The molecular formula is C20H22BrN3. The first-order chi connectivity index (χ1) is 11.6. The van der Waals surface area contributed by atoms with Crippen molar-refractivity contribution < 1.29 is 0 Å². The molecule has 1 aromatic heterocycles. The molecule has 0 saturated heterocycles. The second-order valence-corrected chi connectivity index (χ2v) is 6.94. The maximum absolute atomic E-state index is 4.71. The fraction of sp³-hybridized carbons (Fsp3) is 0.250. The van der Waals surface area contributed by atoms with E-state index in [1.54, 1.807) is 0 Å². The monoisotopic (exact) mass is 383 g/mol. The summed E-state index contributed by atoms with van der Waals surface area (Å²) < 4.78 is 3.21. The molecule has 2 aromatic carbocycles. The Labute approximate surface area is 151 Å². The van der Waals surface area contributed by atoms with Crippen LogP contribution in [0, 0.1) is 13.8 Å². The van der Waals surface area contributed by atoms with Crippen molar-refractivity contribution in [1.82, 2.24) is 15.1 Å². The molecule has 3 nitrogen and oxygen atoms in total. The van der Waals surface area contributed by atoms with E-state index in [-0.39, 0.29) is 0 Å². The Morgan fingerprint density at radius 3 is 2.46 bits per heavy atom. The van der Waals surface area contributed by atoms with Crippen LogP contribution in [0.2, 0.25) is 0 Å². The average molecular weight is 384 g/mol. The molecule has 0 saturated carbocycles. The molecule has 124 valence electrons. The van der Waals surface area contributed by atoms with Crippen molar-refractivity contribution in [2.45, 2.75) is 33.5 Å². The van der Waals surface area contributed by atoms with E-state index in [9.17, 15) is 0 Å². The minimum atomic E-state index is 0.819. The Morgan fingerprint density at radius 1 is 0.958 bits per heavy atom. The van der Waals surface area contributed by atoms with E-state index < -0.39 is 0 Å². The maximum atomic E-state index is 4.71. The van der Waals surface area contributed by atoms with Crippen molar-refractivity contribution in [2.75, 3.05) is 0 Å². The molecule has 0 spiro atoms. The van der Waals surface area contributed by atoms with Gasteiger partial charge in [-0.2, -0.15) is 5.10 Å². The summed E-state index contributed by atoms with van der Waals surface area (Å²) in [6, 6.07) is 18.9. The van der Waals surface area contributed by atoms with Gasteiger partial charge >= 0.3 is 0 Å². The van der Waals surface area contributed by atoms with E-state index in [0.717, 1.165) is 29.8 Å². The first kappa shape index (κ1) is 16.9. The molecule has 0 aliphatic rings. The third-order valence-corrected chi connectivity index (χ3v) is 4.72. The van der Waals surface area contributed by atoms with E-state index in [0.29, 0.717) is 0 Å². The van der Waals surface area contributed by atoms with Crippen LogP contribution in [-0.4, -0.2) is 9.78 Å². The molecule has 1 heterocycles. The molecule has 0 bridgehead atoms. The van der Waals surface area contributed by atoms with Gasteiger partial charge in [-0.15, -0.1) is 0 Å². The lowest BCUT2D eigenvalue weighted by molar-refractivity contribution is 0.653. The van der Waals surface area contributed by atoms with Gasteiger partial charge in [0.1, 0.15) is 0 Å². The normalized spacial score (nSPS) is 11.0. The molecule has 0 radical (unpaired) electrons. The zero-order valence-corrected chi connectivity index (χ0v) is 15.7. The summed E-state index contributed by atoms with van der Waals surface area (Å²) in [6.45, 7) is 6.74. The van der Waals surface area contributed by atoms with Gasteiger partial charge in [-0.1, -0.05) is 58.4 Å². The number of hydrogen-bond acceptors (Lipinski definition) is 2. The lowest BCUT2D eigenvalue weighted by Crippen LogP contribution is -2.14. The predicted octanol–water partition coefficient (Wildman–Crippen LogP) is 4.60. The van der Waals surface area contributed by atoms with E-state index in [1.807, 2.05) is 12.1 Å². The third kappa shape index (κ3) is 4.13. The zero-order chi connectivity index (χ0) is 16.9. The van der Waals surface area contributed by atoms with Crippen LogP contribution in [0.5, 0.6) is 0 Å². The van der Waals surface area contributed by atoms with E-state index in [2.05, 4.69) is 82.2 Å². The van der Waals surface area contributed by atoms with Crippen molar-refractivity contribution in [3.05, 3.63) is 87.1 Å². The summed E-state index contributed by atoms with van der Waals surface area (Å²) in [5, 5.41) is 8.24. The minimum Gasteiger partial charge on any atom is -0.308 e. The lowest BCUT2D eigenvalue weighted by atomic mass is 10.1. The van der Waals surface area contributed by atoms with Crippen molar-refractivity contribution in [3.63, 3.8) is 0 Å². The van der Waals surface area contributed by atoms with Crippen LogP contribution in [0.3, 0.4) is 0 Å².